The van der Waals surface area contributed by atoms with E-state index < -0.39 is 7.94 Å². The number of unbranched alkanes of at least 4 members (excludes halogenated alkanes) is 1. The van der Waals surface area contributed by atoms with E-state index in [-0.39, 0.29) is 0 Å². The molecular formula is C7H19O3P. The zero-order valence-corrected chi connectivity index (χ0v) is 8.59. The van der Waals surface area contributed by atoms with Crippen LogP contribution in [0.25, 0.3) is 0 Å². The van der Waals surface area contributed by atoms with Crippen molar-refractivity contribution < 1.29 is 13.9 Å². The number of rotatable bonds is 6. The van der Waals surface area contributed by atoms with Crippen LogP contribution >= 0.6 is 7.94 Å². The third-order valence-corrected chi connectivity index (χ3v) is 3.90. The summed E-state index contributed by atoms with van der Waals surface area (Å²) in [6, 6.07) is 0. The molecule has 0 aromatic carbocycles. The molecule has 0 saturated carbocycles. The van der Waals surface area contributed by atoms with Crippen LogP contribution in [0.3, 0.4) is 0 Å². The van der Waals surface area contributed by atoms with Crippen molar-refractivity contribution in [1.29, 1.82) is 0 Å². The fourth-order valence-corrected chi connectivity index (χ4v) is 2.58. The minimum absolute atomic E-state index is 0.528. The molecule has 0 fully saturated rings. The quantitative estimate of drug-likeness (QED) is 0.638. The number of hydrogen-bond donors (Lipinski definition) is 1. The first-order chi connectivity index (χ1) is 5.18. The van der Waals surface area contributed by atoms with Gasteiger partial charge in [0.15, 0.2) is 0 Å². The van der Waals surface area contributed by atoms with Gasteiger partial charge in [0.2, 0.25) is 0 Å². The molecule has 0 aliphatic rings. The van der Waals surface area contributed by atoms with Gasteiger partial charge in [0, 0.05) is 0 Å². The third kappa shape index (κ3) is 4.70. The molecule has 3 nitrogen and oxygen atoms in total. The molecule has 0 aliphatic heterocycles. The molecule has 0 unspecified atom stereocenters. The normalized spacial score (nSPS) is 13.5. The van der Waals surface area contributed by atoms with Crippen molar-refractivity contribution in [3.8, 4) is 0 Å². The maximum absolute atomic E-state index is 9.65. The molecule has 0 heterocycles. The summed E-state index contributed by atoms with van der Waals surface area (Å²) in [5, 5.41) is 0. The molecule has 0 aliphatic carbocycles. The Bertz CT molecular complexity index is 99.7. The van der Waals surface area contributed by atoms with Crippen molar-refractivity contribution in [1.82, 2.24) is 0 Å². The summed E-state index contributed by atoms with van der Waals surface area (Å²) in [7, 11) is -1.23. The van der Waals surface area contributed by atoms with E-state index in [1.54, 1.807) is 0 Å². The van der Waals surface area contributed by atoms with E-state index in [1.807, 2.05) is 6.92 Å². The van der Waals surface area contributed by atoms with E-state index in [0.29, 0.717) is 12.8 Å². The predicted molar refractivity (Wildman–Crippen MR) is 48.9 cm³/mol. The Hall–Kier alpha value is 0.310. The molecule has 0 amide bonds. The molecule has 0 atom stereocenters. The first-order valence-corrected chi connectivity index (χ1v) is 6.07. The predicted octanol–water partition coefficient (Wildman–Crippen LogP) is 1.96. The van der Waals surface area contributed by atoms with Crippen LogP contribution in [0.15, 0.2) is 0 Å². The third-order valence-electron chi connectivity index (χ3n) is 1.54. The van der Waals surface area contributed by atoms with Gasteiger partial charge in [-0.1, -0.05) is 0 Å². The van der Waals surface area contributed by atoms with E-state index in [1.165, 1.54) is 7.11 Å². The van der Waals surface area contributed by atoms with Crippen LogP contribution in [0.2, 0.25) is 0 Å². The van der Waals surface area contributed by atoms with E-state index in [0.717, 1.165) is 12.8 Å². The molecule has 1 N–H and O–H groups in total. The molecule has 70 valence electrons. The Balaban J connectivity index is 3.68. The van der Waals surface area contributed by atoms with E-state index in [2.05, 4.69) is 6.92 Å². The first kappa shape index (κ1) is 11.3. The summed E-state index contributed by atoms with van der Waals surface area (Å²) >= 11 is 0. The van der Waals surface area contributed by atoms with Crippen molar-refractivity contribution >= 4 is 7.94 Å². The average Bonchev–Trinajstić information content (AvgIpc) is 2.02. The fraction of sp³-hybridized carbons (Fsp3) is 1.00. The zero-order valence-electron chi connectivity index (χ0n) is 7.59. The molecule has 0 bridgehead atoms. The van der Waals surface area contributed by atoms with Gasteiger partial charge < -0.3 is 0 Å². The van der Waals surface area contributed by atoms with Crippen LogP contribution in [0.1, 0.15) is 26.7 Å². The van der Waals surface area contributed by atoms with Gasteiger partial charge in [-0.25, -0.2) is 0 Å². The Labute approximate surface area is 69.3 Å². The van der Waals surface area contributed by atoms with Gasteiger partial charge in [-0.05, 0) is 0 Å². The molecule has 0 spiro atoms. The Morgan fingerprint density at radius 3 is 2.36 bits per heavy atom. The van der Waals surface area contributed by atoms with Gasteiger partial charge in [-0.15, -0.1) is 0 Å². The summed E-state index contributed by atoms with van der Waals surface area (Å²) in [5.74, 6) is 0. The summed E-state index contributed by atoms with van der Waals surface area (Å²) in [6.45, 7) is 4.47. The van der Waals surface area contributed by atoms with E-state index >= 15 is 0 Å². The summed E-state index contributed by atoms with van der Waals surface area (Å²) in [4.78, 5) is 9.65. The van der Waals surface area contributed by atoms with Crippen molar-refractivity contribution in [2.45, 2.75) is 26.7 Å². The van der Waals surface area contributed by atoms with Gasteiger partial charge in [-0.3, -0.25) is 0 Å². The molecular weight excluding hydrogens is 163 g/mol. The second-order valence-electron chi connectivity index (χ2n) is 2.45. The molecule has 0 aromatic rings. The van der Waals surface area contributed by atoms with Crippen LogP contribution in [0.4, 0.5) is 0 Å². The van der Waals surface area contributed by atoms with Crippen LogP contribution in [0.5, 0.6) is 0 Å². The first-order valence-electron chi connectivity index (χ1n) is 4.10. The molecule has 0 rings (SSSR count). The second kappa shape index (κ2) is 5.90. The van der Waals surface area contributed by atoms with E-state index in [4.69, 9.17) is 9.05 Å². The van der Waals surface area contributed by atoms with Crippen molar-refractivity contribution in [2.75, 3.05) is 19.9 Å². The van der Waals surface area contributed by atoms with Crippen LogP contribution in [0, 0.1) is 0 Å². The Morgan fingerprint density at radius 2 is 2.00 bits per heavy atom. The van der Waals surface area contributed by atoms with Gasteiger partial charge in [0.1, 0.15) is 0 Å². The molecule has 0 aromatic heterocycles. The molecule has 0 saturated heterocycles. The van der Waals surface area contributed by atoms with Crippen molar-refractivity contribution in [3.05, 3.63) is 0 Å². The molecule has 11 heavy (non-hydrogen) atoms. The van der Waals surface area contributed by atoms with Gasteiger partial charge in [-0.2, -0.15) is 0 Å². The van der Waals surface area contributed by atoms with E-state index in [9.17, 15) is 4.89 Å². The number of hydrogen-bond acceptors (Lipinski definition) is 3. The fourth-order valence-electron chi connectivity index (χ4n) is 0.859. The summed E-state index contributed by atoms with van der Waals surface area (Å²) in [5.41, 5.74) is 0. The monoisotopic (exact) mass is 182 g/mol. The van der Waals surface area contributed by atoms with Gasteiger partial charge >= 0.3 is 68.5 Å². The maximum atomic E-state index is 9.65. The van der Waals surface area contributed by atoms with Crippen LogP contribution in [-0.2, 0) is 9.05 Å². The van der Waals surface area contributed by atoms with Crippen molar-refractivity contribution in [2.24, 2.45) is 0 Å². The van der Waals surface area contributed by atoms with Crippen LogP contribution < -0.4 is 0 Å². The van der Waals surface area contributed by atoms with Gasteiger partial charge in [0.25, 0.3) is 0 Å². The Morgan fingerprint density at radius 1 is 1.36 bits per heavy atom. The SMILES string of the molecule is CCCC[PH](O)(OC)OCC. The van der Waals surface area contributed by atoms with Crippen LogP contribution in [-0.4, -0.2) is 24.8 Å². The minimum atomic E-state index is -2.74. The second-order valence-corrected chi connectivity index (χ2v) is 5.08. The standard InChI is InChI=1S/C7H19O3P/c1-4-6-7-11(8,9-3)10-5-2/h8,11H,4-7H2,1-3H3. The average molecular weight is 182 g/mol. The zero-order chi connectivity index (χ0) is 8.74. The topological polar surface area (TPSA) is 38.7 Å². The van der Waals surface area contributed by atoms with Crippen molar-refractivity contribution in [3.63, 3.8) is 0 Å². The summed E-state index contributed by atoms with van der Waals surface area (Å²) < 4.78 is 10.1. The molecule has 4 heteroatoms. The van der Waals surface area contributed by atoms with Gasteiger partial charge in [0.05, 0.1) is 0 Å². The Kier molecular flexibility index (Phi) is 6.06. The summed E-state index contributed by atoms with van der Waals surface area (Å²) in [6.07, 6.45) is 2.70. The molecule has 0 radical (unpaired) electrons.